The number of hydrogen-bond acceptors (Lipinski definition) is 2. The molecule has 70 valence electrons. The summed E-state index contributed by atoms with van der Waals surface area (Å²) in [5.74, 6) is -0.0461. The van der Waals surface area contributed by atoms with Crippen molar-refractivity contribution in [2.45, 2.75) is 19.3 Å². The fourth-order valence-corrected chi connectivity index (χ4v) is 1.82. The van der Waals surface area contributed by atoms with Crippen LogP contribution in [-0.2, 0) is 10.2 Å². The lowest BCUT2D eigenvalue weighted by Crippen LogP contribution is -2.27. The third-order valence-corrected chi connectivity index (χ3v) is 2.63. The summed E-state index contributed by atoms with van der Waals surface area (Å²) in [5.41, 5.74) is 1.55. The van der Waals surface area contributed by atoms with Crippen LogP contribution in [0.5, 0.6) is 0 Å². The Kier molecular flexibility index (Phi) is 1.62. The molecule has 0 spiro atoms. The molecule has 2 rings (SSSR count). The van der Waals surface area contributed by atoms with Crippen LogP contribution in [0.25, 0.3) is 0 Å². The lowest BCUT2D eigenvalue weighted by molar-refractivity contribution is -0.119. The Balaban J connectivity index is 2.74. The van der Waals surface area contributed by atoms with Crippen LogP contribution in [0.15, 0.2) is 18.2 Å². The van der Waals surface area contributed by atoms with Crippen LogP contribution >= 0.6 is 0 Å². The Labute approximate surface area is 82.4 Å². The van der Waals surface area contributed by atoms with Crippen molar-refractivity contribution in [2.24, 2.45) is 0 Å². The highest BCUT2D eigenvalue weighted by Crippen LogP contribution is 2.39. The van der Waals surface area contributed by atoms with Gasteiger partial charge in [0.05, 0.1) is 17.0 Å². The van der Waals surface area contributed by atoms with Crippen molar-refractivity contribution < 1.29 is 4.79 Å². The highest BCUT2D eigenvalue weighted by atomic mass is 16.2. The van der Waals surface area contributed by atoms with Gasteiger partial charge in [-0.15, -0.1) is 0 Å². The van der Waals surface area contributed by atoms with Gasteiger partial charge in [-0.1, -0.05) is 6.07 Å². The largest absolute Gasteiger partial charge is 0.325 e. The normalized spacial score (nSPS) is 17.1. The molecule has 14 heavy (non-hydrogen) atoms. The van der Waals surface area contributed by atoms with Crippen LogP contribution in [0.3, 0.4) is 0 Å². The molecule has 0 saturated heterocycles. The predicted octanol–water partition coefficient (Wildman–Crippen LogP) is 1.79. The van der Waals surface area contributed by atoms with Gasteiger partial charge in [0.1, 0.15) is 0 Å². The monoisotopic (exact) mass is 186 g/mol. The maximum atomic E-state index is 11.6. The molecule has 0 atom stereocenters. The van der Waals surface area contributed by atoms with Gasteiger partial charge in [0.25, 0.3) is 0 Å². The number of anilines is 1. The Morgan fingerprint density at radius 3 is 2.79 bits per heavy atom. The molecule has 3 nitrogen and oxygen atoms in total. The van der Waals surface area contributed by atoms with E-state index in [-0.39, 0.29) is 5.91 Å². The number of amides is 1. The van der Waals surface area contributed by atoms with Gasteiger partial charge in [-0.25, -0.2) is 0 Å². The summed E-state index contributed by atoms with van der Waals surface area (Å²) in [6, 6.07) is 7.45. The number of fused-ring (bicyclic) bond motifs is 1. The molecule has 0 aliphatic carbocycles. The number of benzene rings is 1. The Bertz CT molecular complexity index is 455. The second-order valence-electron chi connectivity index (χ2n) is 3.92. The van der Waals surface area contributed by atoms with E-state index in [4.69, 9.17) is 5.26 Å². The molecule has 0 radical (unpaired) electrons. The van der Waals surface area contributed by atoms with Crippen molar-refractivity contribution >= 4 is 11.6 Å². The van der Waals surface area contributed by atoms with Crippen molar-refractivity contribution in [3.63, 3.8) is 0 Å². The summed E-state index contributed by atoms with van der Waals surface area (Å²) in [5, 5.41) is 11.7. The van der Waals surface area contributed by atoms with E-state index in [1.165, 1.54) is 0 Å². The number of nitriles is 1. The summed E-state index contributed by atoms with van der Waals surface area (Å²) in [6.45, 7) is 3.66. The summed E-state index contributed by atoms with van der Waals surface area (Å²) < 4.78 is 0. The van der Waals surface area contributed by atoms with Crippen molar-refractivity contribution in [1.82, 2.24) is 0 Å². The molecule has 1 aliphatic rings. The van der Waals surface area contributed by atoms with Gasteiger partial charge in [-0.2, -0.15) is 5.26 Å². The van der Waals surface area contributed by atoms with E-state index >= 15 is 0 Å². The summed E-state index contributed by atoms with van der Waals surface area (Å²) in [7, 11) is 0. The average Bonchev–Trinajstić information content (AvgIpc) is 2.38. The Morgan fingerprint density at radius 1 is 1.43 bits per heavy atom. The van der Waals surface area contributed by atoms with E-state index in [0.29, 0.717) is 5.56 Å². The fraction of sp³-hybridized carbons (Fsp3) is 0.273. The predicted molar refractivity (Wildman–Crippen MR) is 52.8 cm³/mol. The molecular formula is C11H10N2O. The zero-order chi connectivity index (χ0) is 10.3. The first-order chi connectivity index (χ1) is 6.57. The van der Waals surface area contributed by atoms with Crippen molar-refractivity contribution in [3.8, 4) is 6.07 Å². The van der Waals surface area contributed by atoms with E-state index in [0.717, 1.165) is 11.3 Å². The van der Waals surface area contributed by atoms with Crippen molar-refractivity contribution in [1.29, 1.82) is 5.26 Å². The molecule has 1 aromatic rings. The number of nitrogens with one attached hydrogen (secondary N) is 1. The zero-order valence-corrected chi connectivity index (χ0v) is 8.09. The first kappa shape index (κ1) is 8.76. The van der Waals surface area contributed by atoms with Gasteiger partial charge in [-0.05, 0) is 26.0 Å². The van der Waals surface area contributed by atoms with Crippen LogP contribution in [0.2, 0.25) is 0 Å². The van der Waals surface area contributed by atoms with Gasteiger partial charge in [-0.3, -0.25) is 4.79 Å². The molecule has 1 N–H and O–H groups in total. The Morgan fingerprint density at radius 2 is 2.14 bits per heavy atom. The summed E-state index contributed by atoms with van der Waals surface area (Å²) in [6.07, 6.45) is 0. The standard InChI is InChI=1S/C11H10N2O/c1-11(2)9-7(6-12)4-3-5-8(9)13-10(11)14/h3-5H,1-2H3,(H,13,14). The number of nitrogens with zero attached hydrogens (tertiary/aromatic N) is 1. The fourth-order valence-electron chi connectivity index (χ4n) is 1.82. The number of hydrogen-bond donors (Lipinski definition) is 1. The topological polar surface area (TPSA) is 52.9 Å². The smallest absolute Gasteiger partial charge is 0.234 e. The molecule has 0 aromatic heterocycles. The minimum absolute atomic E-state index is 0.0461. The third kappa shape index (κ3) is 0.942. The molecule has 1 aromatic carbocycles. The van der Waals surface area contributed by atoms with Crippen LogP contribution in [0.1, 0.15) is 25.0 Å². The van der Waals surface area contributed by atoms with Gasteiger partial charge >= 0.3 is 0 Å². The quantitative estimate of drug-likeness (QED) is 0.671. The minimum atomic E-state index is -0.596. The summed E-state index contributed by atoms with van der Waals surface area (Å²) >= 11 is 0. The molecule has 1 aliphatic heterocycles. The van der Waals surface area contributed by atoms with Crippen LogP contribution in [0, 0.1) is 11.3 Å². The molecule has 0 saturated carbocycles. The Hall–Kier alpha value is -1.82. The van der Waals surface area contributed by atoms with Crippen LogP contribution in [-0.4, -0.2) is 5.91 Å². The average molecular weight is 186 g/mol. The van der Waals surface area contributed by atoms with E-state index in [1.807, 2.05) is 19.9 Å². The highest BCUT2D eigenvalue weighted by Gasteiger charge is 2.40. The van der Waals surface area contributed by atoms with Gasteiger partial charge in [0, 0.05) is 11.3 Å². The minimum Gasteiger partial charge on any atom is -0.325 e. The first-order valence-electron chi connectivity index (χ1n) is 4.42. The maximum absolute atomic E-state index is 11.6. The number of carbonyl (C=O) groups is 1. The molecule has 0 fully saturated rings. The van der Waals surface area contributed by atoms with Crippen LogP contribution < -0.4 is 5.32 Å². The van der Waals surface area contributed by atoms with Crippen molar-refractivity contribution in [2.75, 3.05) is 5.32 Å². The number of carbonyl (C=O) groups excluding carboxylic acids is 1. The lowest BCUT2D eigenvalue weighted by Gasteiger charge is -2.15. The van der Waals surface area contributed by atoms with Crippen LogP contribution in [0.4, 0.5) is 5.69 Å². The van der Waals surface area contributed by atoms with E-state index in [1.54, 1.807) is 12.1 Å². The first-order valence-corrected chi connectivity index (χ1v) is 4.42. The molecule has 0 bridgehead atoms. The van der Waals surface area contributed by atoms with E-state index in [2.05, 4.69) is 11.4 Å². The zero-order valence-electron chi connectivity index (χ0n) is 8.09. The third-order valence-electron chi connectivity index (χ3n) is 2.63. The molecule has 0 unspecified atom stereocenters. The second-order valence-corrected chi connectivity index (χ2v) is 3.92. The van der Waals surface area contributed by atoms with Crippen molar-refractivity contribution in [3.05, 3.63) is 29.3 Å². The second kappa shape index (κ2) is 2.58. The van der Waals surface area contributed by atoms with Gasteiger partial charge < -0.3 is 5.32 Å². The molecule has 3 heteroatoms. The number of rotatable bonds is 0. The van der Waals surface area contributed by atoms with Gasteiger partial charge in [0.15, 0.2) is 0 Å². The molecule has 1 heterocycles. The summed E-state index contributed by atoms with van der Waals surface area (Å²) in [4.78, 5) is 11.6. The van der Waals surface area contributed by atoms with E-state index < -0.39 is 5.41 Å². The van der Waals surface area contributed by atoms with Gasteiger partial charge in [0.2, 0.25) is 5.91 Å². The molecular weight excluding hydrogens is 176 g/mol. The maximum Gasteiger partial charge on any atom is 0.234 e. The lowest BCUT2D eigenvalue weighted by atomic mass is 9.83. The van der Waals surface area contributed by atoms with E-state index in [9.17, 15) is 4.79 Å². The molecule has 1 amide bonds. The SMILES string of the molecule is CC1(C)C(=O)Nc2cccc(C#N)c21. The highest BCUT2D eigenvalue weighted by molar-refractivity contribution is 6.06.